The molecule has 4 nitrogen and oxygen atoms in total. The van der Waals surface area contributed by atoms with E-state index in [9.17, 15) is 13.2 Å². The Kier molecular flexibility index (Phi) is 4.85. The van der Waals surface area contributed by atoms with Gasteiger partial charge in [0, 0.05) is 11.8 Å². The first kappa shape index (κ1) is 19.8. The third-order valence-electron chi connectivity index (χ3n) is 5.28. The van der Waals surface area contributed by atoms with E-state index in [-0.39, 0.29) is 16.3 Å². The Balaban J connectivity index is 2.10. The van der Waals surface area contributed by atoms with Crippen molar-refractivity contribution >= 4 is 27.2 Å². The number of nitrogens with zero attached hydrogens (tertiary/aromatic N) is 4. The molecule has 4 heterocycles. The Bertz CT molecular complexity index is 1200. The maximum absolute atomic E-state index is 14.0. The van der Waals surface area contributed by atoms with E-state index >= 15 is 0 Å². The van der Waals surface area contributed by atoms with Crippen LogP contribution >= 0.6 is 11.3 Å². The van der Waals surface area contributed by atoms with Crippen LogP contribution in [0.2, 0.25) is 0 Å². The summed E-state index contributed by atoms with van der Waals surface area (Å²) < 4.78 is 44.2. The molecule has 4 rings (SSSR count). The molecule has 4 aromatic rings. The lowest BCUT2D eigenvalue weighted by molar-refractivity contribution is -0.135. The van der Waals surface area contributed by atoms with Gasteiger partial charge in [0.05, 0.1) is 26.5 Å². The zero-order chi connectivity index (χ0) is 20.9. The average molecular weight is 418 g/mol. The van der Waals surface area contributed by atoms with Crippen LogP contribution in [-0.4, -0.2) is 19.6 Å². The van der Waals surface area contributed by atoms with Crippen molar-refractivity contribution in [2.45, 2.75) is 52.6 Å². The van der Waals surface area contributed by atoms with Gasteiger partial charge in [-0.05, 0) is 50.8 Å². The monoisotopic (exact) mass is 418 g/mol. The van der Waals surface area contributed by atoms with Gasteiger partial charge in [-0.3, -0.25) is 4.98 Å². The number of thiophene rings is 1. The molecule has 0 unspecified atom stereocenters. The van der Waals surface area contributed by atoms with Gasteiger partial charge in [0.25, 0.3) is 0 Å². The lowest BCUT2D eigenvalue weighted by Crippen LogP contribution is -2.08. The van der Waals surface area contributed by atoms with E-state index in [4.69, 9.17) is 0 Å². The Morgan fingerprint density at radius 3 is 2.55 bits per heavy atom. The van der Waals surface area contributed by atoms with Crippen molar-refractivity contribution in [3.05, 3.63) is 46.9 Å². The number of rotatable bonds is 4. The molecule has 0 aliphatic rings. The van der Waals surface area contributed by atoms with Crippen molar-refractivity contribution in [3.63, 3.8) is 0 Å². The summed E-state index contributed by atoms with van der Waals surface area (Å²) >= 11 is 1.09. The first-order chi connectivity index (χ1) is 13.8. The second-order valence-electron chi connectivity index (χ2n) is 7.19. The summed E-state index contributed by atoms with van der Waals surface area (Å²) in [4.78, 5) is 8.79. The fourth-order valence-electron chi connectivity index (χ4n) is 3.93. The Labute approximate surface area is 170 Å². The van der Waals surface area contributed by atoms with Crippen molar-refractivity contribution in [2.24, 2.45) is 0 Å². The predicted molar refractivity (Wildman–Crippen MR) is 109 cm³/mol. The highest BCUT2D eigenvalue weighted by atomic mass is 32.1. The van der Waals surface area contributed by atoms with Crippen molar-refractivity contribution in [1.29, 1.82) is 0 Å². The van der Waals surface area contributed by atoms with Crippen LogP contribution < -0.4 is 0 Å². The summed E-state index contributed by atoms with van der Waals surface area (Å²) in [5.41, 5.74) is 2.61. The van der Waals surface area contributed by atoms with Crippen LogP contribution in [0.25, 0.3) is 26.4 Å². The van der Waals surface area contributed by atoms with Crippen LogP contribution in [0, 0.1) is 13.8 Å². The number of fused-ring (bicyclic) bond motifs is 2. The smallest absolute Gasteiger partial charge is 0.255 e. The summed E-state index contributed by atoms with van der Waals surface area (Å²) in [5.74, 6) is 0.278. The Hall–Kier alpha value is -2.48. The molecule has 0 saturated carbocycles. The van der Waals surface area contributed by atoms with Gasteiger partial charge in [-0.2, -0.15) is 18.3 Å². The highest BCUT2D eigenvalue weighted by Gasteiger charge is 2.40. The maximum atomic E-state index is 14.0. The molecule has 0 N–H and O–H groups in total. The third-order valence-corrected chi connectivity index (χ3v) is 6.43. The first-order valence-electron chi connectivity index (χ1n) is 9.58. The second-order valence-corrected chi connectivity index (χ2v) is 8.24. The second kappa shape index (κ2) is 7.09. The zero-order valence-electron chi connectivity index (χ0n) is 16.6. The van der Waals surface area contributed by atoms with Gasteiger partial charge in [0.1, 0.15) is 11.3 Å². The van der Waals surface area contributed by atoms with E-state index in [1.165, 1.54) is 6.20 Å². The van der Waals surface area contributed by atoms with Crippen LogP contribution in [-0.2, 0) is 6.18 Å². The molecule has 29 heavy (non-hydrogen) atoms. The van der Waals surface area contributed by atoms with Crippen LogP contribution in [0.1, 0.15) is 55.1 Å². The van der Waals surface area contributed by atoms with Gasteiger partial charge >= 0.3 is 6.18 Å². The van der Waals surface area contributed by atoms with Crippen molar-refractivity contribution in [2.75, 3.05) is 0 Å². The highest BCUT2D eigenvalue weighted by molar-refractivity contribution is 7.22. The number of alkyl halides is 3. The minimum absolute atomic E-state index is 0.0257. The molecule has 0 aliphatic heterocycles. The molecule has 0 saturated heterocycles. The van der Waals surface area contributed by atoms with Crippen LogP contribution in [0.3, 0.4) is 0 Å². The molecule has 0 aliphatic carbocycles. The number of hydrogen-bond donors (Lipinski definition) is 0. The van der Waals surface area contributed by atoms with Gasteiger partial charge in [-0.1, -0.05) is 13.8 Å². The summed E-state index contributed by atoms with van der Waals surface area (Å²) in [6, 6.07) is 5.32. The molecule has 0 radical (unpaired) electrons. The molecule has 0 atom stereocenters. The molecule has 0 aromatic carbocycles. The Morgan fingerprint density at radius 2 is 1.90 bits per heavy atom. The fraction of sp³-hybridized carbons (Fsp3) is 0.381. The van der Waals surface area contributed by atoms with Crippen LogP contribution in [0.4, 0.5) is 13.2 Å². The summed E-state index contributed by atoms with van der Waals surface area (Å²) in [5, 5.41) is 4.55. The molecular formula is C21H21F3N4S. The molecule has 8 heteroatoms. The SMILES string of the molecule is CCC(CC)c1cc(C)nn2c(-c3sc4cccnc4c3C(F)(F)F)c(C)nc12. The molecule has 4 aromatic heterocycles. The van der Waals surface area contributed by atoms with E-state index in [0.717, 1.165) is 35.4 Å². The quantitative estimate of drug-likeness (QED) is 0.378. The summed E-state index contributed by atoms with van der Waals surface area (Å²) in [6.07, 6.45) is -1.28. The van der Waals surface area contributed by atoms with Crippen LogP contribution in [0.5, 0.6) is 0 Å². The maximum Gasteiger partial charge on any atom is 0.419 e. The van der Waals surface area contributed by atoms with Gasteiger partial charge in [0.2, 0.25) is 0 Å². The molecule has 152 valence electrons. The topological polar surface area (TPSA) is 43.1 Å². The van der Waals surface area contributed by atoms with Crippen LogP contribution in [0.15, 0.2) is 24.4 Å². The molecular weight excluding hydrogens is 397 g/mol. The standard InChI is InChI=1S/C21H21F3N4S/c1-5-13(6-2)14-10-11(3)27-28-18(12(4)26-20(14)28)19-16(21(22,23)24)17-15(29-19)8-7-9-25-17/h7-10,13H,5-6H2,1-4H3. The van der Waals surface area contributed by atoms with Crippen molar-refractivity contribution < 1.29 is 13.2 Å². The van der Waals surface area contributed by atoms with E-state index in [0.29, 0.717) is 21.7 Å². The normalized spacial score (nSPS) is 12.6. The molecule has 0 spiro atoms. The highest BCUT2D eigenvalue weighted by Crippen LogP contribution is 2.47. The van der Waals surface area contributed by atoms with E-state index in [1.54, 1.807) is 23.6 Å². The van der Waals surface area contributed by atoms with E-state index < -0.39 is 11.7 Å². The number of aryl methyl sites for hydroxylation is 2. The first-order valence-corrected chi connectivity index (χ1v) is 10.4. The predicted octanol–water partition coefficient (Wildman–Crippen LogP) is 6.55. The van der Waals surface area contributed by atoms with E-state index in [1.807, 2.05) is 13.0 Å². The summed E-state index contributed by atoms with van der Waals surface area (Å²) in [7, 11) is 0. The molecule has 0 fully saturated rings. The number of aromatic nitrogens is 4. The minimum Gasteiger partial charge on any atom is -0.255 e. The number of hydrogen-bond acceptors (Lipinski definition) is 4. The van der Waals surface area contributed by atoms with Gasteiger partial charge in [0.15, 0.2) is 5.65 Å². The van der Waals surface area contributed by atoms with Crippen molar-refractivity contribution in [1.82, 2.24) is 19.6 Å². The van der Waals surface area contributed by atoms with Gasteiger partial charge in [-0.15, -0.1) is 11.3 Å². The lowest BCUT2D eigenvalue weighted by atomic mass is 9.95. The average Bonchev–Trinajstić information content (AvgIpc) is 3.19. The summed E-state index contributed by atoms with van der Waals surface area (Å²) in [6.45, 7) is 7.82. The minimum atomic E-state index is -4.53. The van der Waals surface area contributed by atoms with E-state index in [2.05, 4.69) is 28.9 Å². The lowest BCUT2D eigenvalue weighted by Gasteiger charge is -2.15. The zero-order valence-corrected chi connectivity index (χ0v) is 17.4. The Morgan fingerprint density at radius 1 is 1.17 bits per heavy atom. The number of pyridine rings is 1. The molecule has 0 amide bonds. The fourth-order valence-corrected chi connectivity index (χ4v) is 5.19. The number of imidazole rings is 1. The van der Waals surface area contributed by atoms with Crippen molar-refractivity contribution in [3.8, 4) is 10.6 Å². The molecule has 0 bridgehead atoms. The largest absolute Gasteiger partial charge is 0.419 e. The third kappa shape index (κ3) is 3.19. The van der Waals surface area contributed by atoms with Gasteiger partial charge < -0.3 is 0 Å². The number of halogens is 3. The van der Waals surface area contributed by atoms with Gasteiger partial charge in [-0.25, -0.2) is 9.50 Å².